The summed E-state index contributed by atoms with van der Waals surface area (Å²) in [5.74, 6) is 2.12. The van der Waals surface area contributed by atoms with Crippen LogP contribution in [0.4, 0.5) is 0 Å². The molecule has 0 aromatic heterocycles. The quantitative estimate of drug-likeness (QED) is 0.802. The highest BCUT2D eigenvalue weighted by Crippen LogP contribution is 2.38. The van der Waals surface area contributed by atoms with Crippen molar-refractivity contribution >= 4 is 0 Å². The molecule has 0 atom stereocenters. The van der Waals surface area contributed by atoms with E-state index in [1.165, 1.54) is 25.1 Å². The normalized spacial score (nSPS) is 17.1. The standard InChI is InChI=1S/C17H28N2O3/c1-18-7-5-8-19(11-10-18)9-6-14-12-15(20-2)17(22-4)16(13-14)21-3/h12-13H,5-11H2,1-4H3. The van der Waals surface area contributed by atoms with Crippen LogP contribution in [0.3, 0.4) is 0 Å². The third-order valence-electron chi connectivity index (χ3n) is 4.25. The number of hydrogen-bond acceptors (Lipinski definition) is 5. The fourth-order valence-electron chi connectivity index (χ4n) is 2.89. The highest BCUT2D eigenvalue weighted by Gasteiger charge is 2.15. The molecular formula is C17H28N2O3. The first kappa shape index (κ1) is 16.9. The van der Waals surface area contributed by atoms with Crippen molar-refractivity contribution in [1.29, 1.82) is 0 Å². The molecule has 0 saturated carbocycles. The zero-order chi connectivity index (χ0) is 15.9. The summed E-state index contributed by atoms with van der Waals surface area (Å²) >= 11 is 0. The van der Waals surface area contributed by atoms with Gasteiger partial charge in [-0.15, -0.1) is 0 Å². The molecule has 0 radical (unpaired) electrons. The zero-order valence-electron chi connectivity index (χ0n) is 14.2. The maximum Gasteiger partial charge on any atom is 0.203 e. The van der Waals surface area contributed by atoms with Gasteiger partial charge in [0.25, 0.3) is 0 Å². The van der Waals surface area contributed by atoms with Crippen LogP contribution >= 0.6 is 0 Å². The van der Waals surface area contributed by atoms with E-state index in [4.69, 9.17) is 14.2 Å². The number of ether oxygens (including phenoxy) is 3. The third kappa shape index (κ3) is 4.27. The molecule has 0 aliphatic carbocycles. The fourth-order valence-corrected chi connectivity index (χ4v) is 2.89. The molecule has 2 rings (SSSR count). The lowest BCUT2D eigenvalue weighted by atomic mass is 10.1. The van der Waals surface area contributed by atoms with E-state index >= 15 is 0 Å². The van der Waals surface area contributed by atoms with Gasteiger partial charge in [-0.1, -0.05) is 0 Å². The second-order valence-electron chi connectivity index (χ2n) is 5.78. The van der Waals surface area contributed by atoms with Crippen LogP contribution in [0.25, 0.3) is 0 Å². The van der Waals surface area contributed by atoms with Crippen molar-refractivity contribution in [1.82, 2.24) is 9.80 Å². The van der Waals surface area contributed by atoms with Crippen LogP contribution < -0.4 is 14.2 Å². The number of nitrogens with zero attached hydrogens (tertiary/aromatic N) is 2. The molecule has 1 heterocycles. The van der Waals surface area contributed by atoms with Crippen LogP contribution in [0.1, 0.15) is 12.0 Å². The van der Waals surface area contributed by atoms with Crippen LogP contribution in [0.2, 0.25) is 0 Å². The zero-order valence-corrected chi connectivity index (χ0v) is 14.2. The summed E-state index contributed by atoms with van der Waals surface area (Å²) in [7, 11) is 7.15. The maximum atomic E-state index is 5.42. The molecule has 0 spiro atoms. The Hall–Kier alpha value is -1.46. The van der Waals surface area contributed by atoms with Crippen molar-refractivity contribution in [3.63, 3.8) is 0 Å². The third-order valence-corrected chi connectivity index (χ3v) is 4.25. The molecule has 5 nitrogen and oxygen atoms in total. The van der Waals surface area contributed by atoms with Gasteiger partial charge in [0.2, 0.25) is 5.75 Å². The monoisotopic (exact) mass is 308 g/mol. The molecule has 1 aromatic rings. The van der Waals surface area contributed by atoms with Gasteiger partial charge in [-0.25, -0.2) is 0 Å². The van der Waals surface area contributed by atoms with Gasteiger partial charge in [-0.2, -0.15) is 0 Å². The molecule has 1 aromatic carbocycles. The molecule has 0 unspecified atom stereocenters. The Morgan fingerprint density at radius 2 is 1.59 bits per heavy atom. The van der Waals surface area contributed by atoms with Gasteiger partial charge in [-0.3, -0.25) is 0 Å². The van der Waals surface area contributed by atoms with E-state index in [9.17, 15) is 0 Å². The van der Waals surface area contributed by atoms with E-state index in [2.05, 4.69) is 16.8 Å². The Kier molecular flexibility index (Phi) is 6.34. The average Bonchev–Trinajstić information content (AvgIpc) is 2.76. The summed E-state index contributed by atoms with van der Waals surface area (Å²) in [6.07, 6.45) is 2.23. The predicted octanol–water partition coefficient (Wildman–Crippen LogP) is 1.89. The molecule has 0 bridgehead atoms. The van der Waals surface area contributed by atoms with Gasteiger partial charge < -0.3 is 24.0 Å². The molecule has 0 amide bonds. The first-order valence-corrected chi connectivity index (χ1v) is 7.87. The van der Waals surface area contributed by atoms with Gasteiger partial charge in [0.15, 0.2) is 11.5 Å². The predicted molar refractivity (Wildman–Crippen MR) is 88.4 cm³/mol. The van der Waals surface area contributed by atoms with E-state index in [1.807, 2.05) is 12.1 Å². The molecule has 1 aliphatic heterocycles. The van der Waals surface area contributed by atoms with Gasteiger partial charge in [-0.05, 0) is 50.7 Å². The number of hydrogen-bond donors (Lipinski definition) is 0. The molecule has 1 saturated heterocycles. The van der Waals surface area contributed by atoms with Crippen molar-refractivity contribution < 1.29 is 14.2 Å². The minimum atomic E-state index is 0.658. The lowest BCUT2D eigenvalue weighted by molar-refractivity contribution is 0.279. The van der Waals surface area contributed by atoms with Gasteiger partial charge >= 0.3 is 0 Å². The molecule has 5 heteroatoms. The van der Waals surface area contributed by atoms with Gasteiger partial charge in [0.1, 0.15) is 0 Å². The van der Waals surface area contributed by atoms with Gasteiger partial charge in [0, 0.05) is 19.6 Å². The topological polar surface area (TPSA) is 34.2 Å². The first-order chi connectivity index (χ1) is 10.7. The van der Waals surface area contributed by atoms with Crippen molar-refractivity contribution in [2.45, 2.75) is 12.8 Å². The van der Waals surface area contributed by atoms with E-state index in [1.54, 1.807) is 21.3 Å². The second kappa shape index (κ2) is 8.25. The Labute approximate surface area is 133 Å². The van der Waals surface area contributed by atoms with Crippen molar-refractivity contribution in [2.75, 3.05) is 61.1 Å². The molecular weight excluding hydrogens is 280 g/mol. The summed E-state index contributed by atoms with van der Waals surface area (Å²) in [5, 5.41) is 0. The summed E-state index contributed by atoms with van der Waals surface area (Å²) in [4.78, 5) is 4.94. The number of likely N-dealkylation sites (N-methyl/N-ethyl adjacent to an activating group) is 1. The lowest BCUT2D eigenvalue weighted by Gasteiger charge is -2.20. The molecule has 0 N–H and O–H groups in total. The lowest BCUT2D eigenvalue weighted by Crippen LogP contribution is -2.30. The van der Waals surface area contributed by atoms with Crippen LogP contribution in [0.15, 0.2) is 12.1 Å². The van der Waals surface area contributed by atoms with Crippen LogP contribution in [-0.4, -0.2) is 70.9 Å². The molecule has 1 fully saturated rings. The molecule has 1 aliphatic rings. The van der Waals surface area contributed by atoms with Crippen LogP contribution in [-0.2, 0) is 6.42 Å². The summed E-state index contributed by atoms with van der Waals surface area (Å²) < 4.78 is 16.2. The summed E-state index contributed by atoms with van der Waals surface area (Å²) in [6.45, 7) is 5.72. The van der Waals surface area contributed by atoms with Crippen LogP contribution in [0, 0.1) is 0 Å². The maximum absolute atomic E-state index is 5.42. The Bertz CT molecular complexity index is 454. The van der Waals surface area contributed by atoms with Crippen molar-refractivity contribution in [3.8, 4) is 17.2 Å². The van der Waals surface area contributed by atoms with Crippen molar-refractivity contribution in [2.24, 2.45) is 0 Å². The highest BCUT2D eigenvalue weighted by molar-refractivity contribution is 5.53. The molecule has 124 valence electrons. The summed E-state index contributed by atoms with van der Waals surface area (Å²) in [6, 6.07) is 4.09. The Balaban J connectivity index is 2.03. The highest BCUT2D eigenvalue weighted by atomic mass is 16.5. The van der Waals surface area contributed by atoms with Crippen LogP contribution in [0.5, 0.6) is 17.2 Å². The smallest absolute Gasteiger partial charge is 0.203 e. The fraction of sp³-hybridized carbons (Fsp3) is 0.647. The number of methoxy groups -OCH3 is 3. The molecule has 22 heavy (non-hydrogen) atoms. The number of benzene rings is 1. The Morgan fingerprint density at radius 3 is 2.18 bits per heavy atom. The summed E-state index contributed by atoms with van der Waals surface area (Å²) in [5.41, 5.74) is 1.21. The average molecular weight is 308 g/mol. The second-order valence-corrected chi connectivity index (χ2v) is 5.78. The van der Waals surface area contributed by atoms with E-state index in [0.29, 0.717) is 5.75 Å². The minimum absolute atomic E-state index is 0.658. The van der Waals surface area contributed by atoms with E-state index < -0.39 is 0 Å². The number of rotatable bonds is 6. The van der Waals surface area contributed by atoms with E-state index in [-0.39, 0.29) is 0 Å². The minimum Gasteiger partial charge on any atom is -0.493 e. The first-order valence-electron chi connectivity index (χ1n) is 7.87. The van der Waals surface area contributed by atoms with Gasteiger partial charge in [0.05, 0.1) is 21.3 Å². The van der Waals surface area contributed by atoms with E-state index in [0.717, 1.165) is 37.6 Å². The Morgan fingerprint density at radius 1 is 0.909 bits per heavy atom. The largest absolute Gasteiger partial charge is 0.493 e. The SMILES string of the molecule is COc1cc(CCN2CCCN(C)CC2)cc(OC)c1OC. The van der Waals surface area contributed by atoms with Crippen molar-refractivity contribution in [3.05, 3.63) is 17.7 Å².